The van der Waals surface area contributed by atoms with Gasteiger partial charge in [-0.15, -0.1) is 0 Å². The Bertz CT molecular complexity index is 828. The molecule has 0 atom stereocenters. The molecule has 0 aliphatic heterocycles. The molecule has 1 aromatic carbocycles. The van der Waals surface area contributed by atoms with Crippen LogP contribution in [-0.2, 0) is 4.79 Å². The van der Waals surface area contributed by atoms with Gasteiger partial charge in [-0.3, -0.25) is 14.9 Å². The maximum atomic E-state index is 11.0. The van der Waals surface area contributed by atoms with Gasteiger partial charge in [-0.25, -0.2) is 0 Å². The molecule has 0 bridgehead atoms. The monoisotopic (exact) mass is 297 g/mol. The zero-order valence-electron chi connectivity index (χ0n) is 11.6. The average Bonchev–Trinajstić information content (AvgIpc) is 2.92. The van der Waals surface area contributed by atoms with E-state index in [2.05, 4.69) is 0 Å². The highest BCUT2D eigenvalue weighted by Crippen LogP contribution is 2.29. The molecule has 0 saturated carbocycles. The Morgan fingerprint density at radius 1 is 1.41 bits per heavy atom. The van der Waals surface area contributed by atoms with Gasteiger partial charge in [-0.05, 0) is 30.7 Å². The van der Waals surface area contributed by atoms with E-state index in [0.717, 1.165) is 0 Å². The fourth-order valence-corrected chi connectivity index (χ4v) is 1.91. The van der Waals surface area contributed by atoms with Crippen LogP contribution in [0.5, 0.6) is 0 Å². The zero-order chi connectivity index (χ0) is 16.3. The number of non-ortho nitro benzene ring substituents is 1. The lowest BCUT2D eigenvalue weighted by atomic mass is 10.1. The van der Waals surface area contributed by atoms with Crippen molar-refractivity contribution in [3.05, 3.63) is 57.3 Å². The van der Waals surface area contributed by atoms with E-state index in [1.165, 1.54) is 18.2 Å². The number of rotatable bonds is 4. The first-order valence-corrected chi connectivity index (χ1v) is 6.19. The number of nitrogens with zero attached hydrogens (tertiary/aromatic N) is 2. The fraction of sp³-hybridized carbons (Fsp3) is 0.0667. The summed E-state index contributed by atoms with van der Waals surface area (Å²) < 4.78 is 5.53. The summed E-state index contributed by atoms with van der Waals surface area (Å²) in [7, 11) is 0. The number of amides is 1. The maximum Gasteiger partial charge on any atom is 0.269 e. The molecule has 0 fully saturated rings. The minimum absolute atomic E-state index is 0.00609. The van der Waals surface area contributed by atoms with Crippen molar-refractivity contribution in [2.24, 2.45) is 5.73 Å². The summed E-state index contributed by atoms with van der Waals surface area (Å²) in [6, 6.07) is 9.31. The van der Waals surface area contributed by atoms with Crippen molar-refractivity contribution < 1.29 is 14.1 Å². The molecule has 2 rings (SSSR count). The van der Waals surface area contributed by atoms with Crippen LogP contribution in [0.4, 0.5) is 5.69 Å². The van der Waals surface area contributed by atoms with Gasteiger partial charge in [0.2, 0.25) is 0 Å². The van der Waals surface area contributed by atoms with Crippen LogP contribution in [0.2, 0.25) is 0 Å². The predicted octanol–water partition coefficient (Wildman–Crippen LogP) is 2.56. The molecule has 0 saturated heterocycles. The number of hydrogen-bond acceptors (Lipinski definition) is 5. The lowest BCUT2D eigenvalue weighted by Crippen LogP contribution is -2.12. The van der Waals surface area contributed by atoms with E-state index in [-0.39, 0.29) is 11.3 Å². The van der Waals surface area contributed by atoms with Gasteiger partial charge >= 0.3 is 0 Å². The third-order valence-electron chi connectivity index (χ3n) is 2.99. The Balaban J connectivity index is 2.39. The fourth-order valence-electron chi connectivity index (χ4n) is 1.91. The SMILES string of the molecule is Cc1cc([N+](=O)[O-])ccc1-c1ccc(/C=C(\C#N)C(N)=O)o1. The van der Waals surface area contributed by atoms with Crippen molar-refractivity contribution >= 4 is 17.7 Å². The second-order valence-electron chi connectivity index (χ2n) is 4.49. The molecule has 1 aromatic heterocycles. The second kappa shape index (κ2) is 5.93. The molecule has 0 spiro atoms. The number of nitriles is 1. The third-order valence-corrected chi connectivity index (χ3v) is 2.99. The van der Waals surface area contributed by atoms with Crippen molar-refractivity contribution in [2.75, 3.05) is 0 Å². The number of nitro benzene ring substituents is 1. The van der Waals surface area contributed by atoms with Gasteiger partial charge in [0.25, 0.3) is 11.6 Å². The summed E-state index contributed by atoms with van der Waals surface area (Å²) >= 11 is 0. The first kappa shape index (κ1) is 15.0. The standard InChI is InChI=1S/C15H11N3O4/c1-9-6-11(18(20)21)2-4-13(9)14-5-3-12(22-14)7-10(8-16)15(17)19/h2-7H,1H3,(H2,17,19)/b10-7+. The summed E-state index contributed by atoms with van der Waals surface area (Å²) in [5.74, 6) is -0.0736. The Labute approximate surface area is 125 Å². The van der Waals surface area contributed by atoms with E-state index in [4.69, 9.17) is 15.4 Å². The van der Waals surface area contributed by atoms with Crippen molar-refractivity contribution in [1.82, 2.24) is 0 Å². The number of primary amides is 1. The molecule has 0 unspecified atom stereocenters. The summed E-state index contributed by atoms with van der Waals surface area (Å²) in [6.45, 7) is 1.73. The van der Waals surface area contributed by atoms with Gasteiger partial charge < -0.3 is 10.2 Å². The second-order valence-corrected chi connectivity index (χ2v) is 4.49. The molecule has 1 amide bonds. The first-order chi connectivity index (χ1) is 10.4. The van der Waals surface area contributed by atoms with Crippen LogP contribution >= 0.6 is 0 Å². The first-order valence-electron chi connectivity index (χ1n) is 6.19. The quantitative estimate of drug-likeness (QED) is 0.402. The number of aryl methyl sites for hydroxylation is 1. The van der Waals surface area contributed by atoms with Crippen LogP contribution in [0.1, 0.15) is 11.3 Å². The van der Waals surface area contributed by atoms with Crippen molar-refractivity contribution in [1.29, 1.82) is 5.26 Å². The van der Waals surface area contributed by atoms with E-state index in [0.29, 0.717) is 22.6 Å². The van der Waals surface area contributed by atoms with Crippen molar-refractivity contribution in [2.45, 2.75) is 6.92 Å². The highest BCUT2D eigenvalue weighted by atomic mass is 16.6. The van der Waals surface area contributed by atoms with Crippen LogP contribution < -0.4 is 5.73 Å². The zero-order valence-corrected chi connectivity index (χ0v) is 11.6. The van der Waals surface area contributed by atoms with Gasteiger partial charge in [0.05, 0.1) is 4.92 Å². The molecule has 0 aliphatic rings. The number of carbonyl (C=O) groups excluding carboxylic acids is 1. The topological polar surface area (TPSA) is 123 Å². The largest absolute Gasteiger partial charge is 0.457 e. The minimum atomic E-state index is -0.841. The van der Waals surface area contributed by atoms with Crippen LogP contribution in [0.25, 0.3) is 17.4 Å². The average molecular weight is 297 g/mol. The van der Waals surface area contributed by atoms with Gasteiger partial charge in [0.1, 0.15) is 23.2 Å². The molecule has 2 aromatic rings. The highest BCUT2D eigenvalue weighted by Gasteiger charge is 2.12. The minimum Gasteiger partial charge on any atom is -0.457 e. The van der Waals surface area contributed by atoms with Crippen LogP contribution in [0.15, 0.2) is 40.3 Å². The highest BCUT2D eigenvalue weighted by molar-refractivity contribution is 6.00. The van der Waals surface area contributed by atoms with Crippen LogP contribution in [0, 0.1) is 28.4 Å². The number of furan rings is 1. The molecule has 7 nitrogen and oxygen atoms in total. The van der Waals surface area contributed by atoms with Gasteiger partial charge in [0.15, 0.2) is 0 Å². The molecule has 1 heterocycles. The molecule has 7 heteroatoms. The van der Waals surface area contributed by atoms with E-state index >= 15 is 0 Å². The maximum absolute atomic E-state index is 11.0. The molecule has 0 aliphatic carbocycles. The molecule has 0 radical (unpaired) electrons. The summed E-state index contributed by atoms with van der Waals surface area (Å²) in [5.41, 5.74) is 6.18. The number of nitrogens with two attached hydrogens (primary N) is 1. The lowest BCUT2D eigenvalue weighted by Gasteiger charge is -2.02. The Morgan fingerprint density at radius 3 is 2.68 bits per heavy atom. The van der Waals surface area contributed by atoms with Gasteiger partial charge in [-0.2, -0.15) is 5.26 Å². The molecular weight excluding hydrogens is 286 g/mol. The van der Waals surface area contributed by atoms with Crippen LogP contribution in [0.3, 0.4) is 0 Å². The lowest BCUT2D eigenvalue weighted by molar-refractivity contribution is -0.384. The summed E-state index contributed by atoms with van der Waals surface area (Å²) in [6.07, 6.45) is 1.24. The molecular formula is C15H11N3O4. The van der Waals surface area contributed by atoms with Crippen LogP contribution in [-0.4, -0.2) is 10.8 Å². The Hall–Kier alpha value is -3.40. The van der Waals surface area contributed by atoms with E-state index in [1.54, 1.807) is 31.2 Å². The normalized spacial score (nSPS) is 11.0. The van der Waals surface area contributed by atoms with Gasteiger partial charge in [-0.1, -0.05) is 0 Å². The van der Waals surface area contributed by atoms with E-state index in [1.807, 2.05) is 0 Å². The number of benzene rings is 1. The Morgan fingerprint density at radius 2 is 2.14 bits per heavy atom. The smallest absolute Gasteiger partial charge is 0.269 e. The van der Waals surface area contributed by atoms with E-state index in [9.17, 15) is 14.9 Å². The van der Waals surface area contributed by atoms with E-state index < -0.39 is 10.8 Å². The number of carbonyl (C=O) groups is 1. The van der Waals surface area contributed by atoms with Gasteiger partial charge in [0, 0.05) is 23.8 Å². The number of hydrogen-bond donors (Lipinski definition) is 1. The van der Waals surface area contributed by atoms with Crippen molar-refractivity contribution in [3.8, 4) is 17.4 Å². The Kier molecular flexibility index (Phi) is 4.04. The third kappa shape index (κ3) is 3.02. The molecule has 110 valence electrons. The molecule has 2 N–H and O–H groups in total. The summed E-state index contributed by atoms with van der Waals surface area (Å²) in [4.78, 5) is 21.2. The number of nitro groups is 1. The molecule has 22 heavy (non-hydrogen) atoms. The summed E-state index contributed by atoms with van der Waals surface area (Å²) in [5, 5.41) is 19.5. The predicted molar refractivity (Wildman–Crippen MR) is 78.3 cm³/mol. The van der Waals surface area contributed by atoms with Crippen molar-refractivity contribution in [3.63, 3.8) is 0 Å².